The Labute approximate surface area is 163 Å². The molecule has 8 nitrogen and oxygen atoms in total. The quantitative estimate of drug-likeness (QED) is 0.476. The number of aliphatic hydroxyl groups is 1. The van der Waals surface area contributed by atoms with Crippen molar-refractivity contribution in [2.75, 3.05) is 13.7 Å². The molecule has 0 aliphatic carbocycles. The Balaban J connectivity index is 1.42. The number of nitrogens with one attached hydrogen (secondary N) is 3. The molecule has 146 valence electrons. The average molecular weight is 381 g/mol. The first-order valence-electron chi connectivity index (χ1n) is 8.93. The summed E-state index contributed by atoms with van der Waals surface area (Å²) in [6, 6.07) is 16.6. The fraction of sp³-hybridized carbons (Fsp3) is 0.250. The highest BCUT2D eigenvalue weighted by Crippen LogP contribution is 2.18. The van der Waals surface area contributed by atoms with E-state index in [0.717, 1.165) is 16.9 Å². The van der Waals surface area contributed by atoms with Crippen LogP contribution in [0.2, 0.25) is 0 Å². The number of carbonyl (C=O) groups is 1. The molecule has 3 aromatic rings. The number of aromatic nitrogens is 3. The normalized spacial score (nSPS) is 11.6. The van der Waals surface area contributed by atoms with Crippen LogP contribution in [-0.2, 0) is 13.0 Å². The highest BCUT2D eigenvalue weighted by molar-refractivity contribution is 5.73. The Morgan fingerprint density at radius 2 is 1.89 bits per heavy atom. The number of rotatable bonds is 8. The summed E-state index contributed by atoms with van der Waals surface area (Å²) in [5.74, 6) is 1.83. The number of nitrogens with zero attached hydrogens (tertiary/aromatic N) is 2. The molecule has 0 bridgehead atoms. The topological polar surface area (TPSA) is 112 Å². The minimum Gasteiger partial charge on any atom is -0.497 e. The van der Waals surface area contributed by atoms with Crippen LogP contribution in [0.25, 0.3) is 11.4 Å². The predicted octanol–water partition coefficient (Wildman–Crippen LogP) is 1.88. The highest BCUT2D eigenvalue weighted by Gasteiger charge is 2.10. The van der Waals surface area contributed by atoms with E-state index in [9.17, 15) is 9.90 Å². The van der Waals surface area contributed by atoms with Crippen molar-refractivity contribution in [3.05, 3.63) is 66.0 Å². The van der Waals surface area contributed by atoms with Crippen molar-refractivity contribution >= 4 is 6.03 Å². The van der Waals surface area contributed by atoms with Gasteiger partial charge in [0, 0.05) is 18.5 Å². The number of aliphatic hydroxyl groups excluding tert-OH is 1. The maximum absolute atomic E-state index is 11.9. The van der Waals surface area contributed by atoms with Gasteiger partial charge in [0.1, 0.15) is 11.6 Å². The molecule has 0 saturated heterocycles. The Bertz CT molecular complexity index is 880. The number of benzene rings is 2. The first kappa shape index (κ1) is 19.4. The average Bonchev–Trinajstić information content (AvgIpc) is 3.20. The lowest BCUT2D eigenvalue weighted by molar-refractivity contribution is 0.170. The summed E-state index contributed by atoms with van der Waals surface area (Å²) in [5, 5.41) is 22.3. The van der Waals surface area contributed by atoms with Gasteiger partial charge in [0.05, 0.1) is 19.8 Å². The van der Waals surface area contributed by atoms with Crippen LogP contribution in [0, 0.1) is 0 Å². The molecule has 0 unspecified atom stereocenters. The van der Waals surface area contributed by atoms with E-state index in [1.165, 1.54) is 0 Å². The summed E-state index contributed by atoms with van der Waals surface area (Å²) in [6.45, 7) is 0.359. The van der Waals surface area contributed by atoms with E-state index in [1.807, 2.05) is 54.6 Å². The van der Waals surface area contributed by atoms with Gasteiger partial charge in [0.25, 0.3) is 0 Å². The van der Waals surface area contributed by atoms with Crippen molar-refractivity contribution in [3.8, 4) is 17.1 Å². The highest BCUT2D eigenvalue weighted by atomic mass is 16.5. The second kappa shape index (κ2) is 9.52. The fourth-order valence-corrected chi connectivity index (χ4v) is 2.64. The molecule has 1 atom stereocenters. The first-order valence-corrected chi connectivity index (χ1v) is 8.93. The number of carbonyl (C=O) groups excluding carboxylic acids is 1. The molecule has 2 aromatic carbocycles. The molecule has 0 spiro atoms. The van der Waals surface area contributed by atoms with Crippen molar-refractivity contribution in [3.63, 3.8) is 0 Å². The molecule has 4 N–H and O–H groups in total. The smallest absolute Gasteiger partial charge is 0.315 e. The molecule has 1 aromatic heterocycles. The SMILES string of the molecule is COc1ccc(-c2n[nH]c(CNC(=O)NC[C@H](O)Cc3ccccc3)n2)cc1. The van der Waals surface area contributed by atoms with Crippen LogP contribution in [0.4, 0.5) is 4.79 Å². The molecular formula is C20H23N5O3. The standard InChI is InChI=1S/C20H23N5O3/c1-28-17-9-7-15(8-10-17)19-23-18(24-25-19)13-22-20(27)21-12-16(26)11-14-5-3-2-4-6-14/h2-10,16,26H,11-13H2,1H3,(H2,21,22,27)(H,23,24,25)/t16-/m1/s1. The van der Waals surface area contributed by atoms with Crippen molar-refractivity contribution < 1.29 is 14.6 Å². The van der Waals surface area contributed by atoms with E-state index in [1.54, 1.807) is 7.11 Å². The Morgan fingerprint density at radius 1 is 1.14 bits per heavy atom. The van der Waals surface area contributed by atoms with Crippen LogP contribution in [0.5, 0.6) is 5.75 Å². The Kier molecular flexibility index (Phi) is 6.59. The zero-order chi connectivity index (χ0) is 19.8. The largest absolute Gasteiger partial charge is 0.497 e. The number of urea groups is 1. The molecule has 0 fully saturated rings. The maximum Gasteiger partial charge on any atom is 0.315 e. The van der Waals surface area contributed by atoms with Crippen molar-refractivity contribution in [1.82, 2.24) is 25.8 Å². The van der Waals surface area contributed by atoms with Crippen LogP contribution in [0.3, 0.4) is 0 Å². The van der Waals surface area contributed by atoms with Gasteiger partial charge in [-0.2, -0.15) is 5.10 Å². The monoisotopic (exact) mass is 381 g/mol. The first-order chi connectivity index (χ1) is 13.6. The number of aromatic amines is 1. The molecule has 28 heavy (non-hydrogen) atoms. The summed E-state index contributed by atoms with van der Waals surface area (Å²) < 4.78 is 5.13. The molecule has 0 aliphatic rings. The summed E-state index contributed by atoms with van der Waals surface area (Å²) in [4.78, 5) is 16.3. The summed E-state index contributed by atoms with van der Waals surface area (Å²) in [6.07, 6.45) is -0.172. The van der Waals surface area contributed by atoms with Crippen LogP contribution in [0.1, 0.15) is 11.4 Å². The molecule has 1 heterocycles. The lowest BCUT2D eigenvalue weighted by atomic mass is 10.1. The van der Waals surface area contributed by atoms with Crippen LogP contribution in [-0.4, -0.2) is 46.1 Å². The van der Waals surface area contributed by atoms with Crippen LogP contribution in [0.15, 0.2) is 54.6 Å². The summed E-state index contributed by atoms with van der Waals surface area (Å²) in [7, 11) is 1.61. The van der Waals surface area contributed by atoms with Gasteiger partial charge in [0.2, 0.25) is 0 Å². The van der Waals surface area contributed by atoms with Crippen LogP contribution >= 0.6 is 0 Å². The number of ether oxygens (including phenoxy) is 1. The number of hydrogen-bond acceptors (Lipinski definition) is 5. The number of H-pyrrole nitrogens is 1. The van der Waals surface area contributed by atoms with Crippen molar-refractivity contribution in [2.45, 2.75) is 19.1 Å². The number of amides is 2. The minimum atomic E-state index is -0.653. The fourth-order valence-electron chi connectivity index (χ4n) is 2.64. The molecule has 0 saturated carbocycles. The molecule has 3 rings (SSSR count). The minimum absolute atomic E-state index is 0.161. The Hall–Kier alpha value is -3.39. The van der Waals surface area contributed by atoms with Gasteiger partial charge in [-0.3, -0.25) is 5.10 Å². The maximum atomic E-state index is 11.9. The second-order valence-electron chi connectivity index (χ2n) is 6.24. The van der Waals surface area contributed by atoms with Gasteiger partial charge >= 0.3 is 6.03 Å². The summed E-state index contributed by atoms with van der Waals surface area (Å²) in [5.41, 5.74) is 1.86. The van der Waals surface area contributed by atoms with E-state index in [0.29, 0.717) is 18.1 Å². The van der Waals surface area contributed by atoms with Gasteiger partial charge in [-0.1, -0.05) is 30.3 Å². The third kappa shape index (κ3) is 5.55. The van der Waals surface area contributed by atoms with Gasteiger partial charge < -0.3 is 20.5 Å². The second-order valence-corrected chi connectivity index (χ2v) is 6.24. The molecular weight excluding hydrogens is 358 g/mol. The van der Waals surface area contributed by atoms with Gasteiger partial charge in [-0.05, 0) is 29.8 Å². The van der Waals surface area contributed by atoms with Crippen LogP contribution < -0.4 is 15.4 Å². The lowest BCUT2D eigenvalue weighted by Gasteiger charge is -2.12. The lowest BCUT2D eigenvalue weighted by Crippen LogP contribution is -2.40. The number of hydrogen-bond donors (Lipinski definition) is 4. The zero-order valence-corrected chi connectivity index (χ0v) is 15.6. The third-order valence-electron chi connectivity index (χ3n) is 4.11. The van der Waals surface area contributed by atoms with E-state index in [2.05, 4.69) is 25.8 Å². The molecule has 0 aliphatic heterocycles. The van der Waals surface area contributed by atoms with Gasteiger partial charge in [0.15, 0.2) is 5.82 Å². The summed E-state index contributed by atoms with van der Waals surface area (Å²) >= 11 is 0. The zero-order valence-electron chi connectivity index (χ0n) is 15.6. The van der Waals surface area contributed by atoms with E-state index >= 15 is 0 Å². The molecule has 2 amide bonds. The molecule has 8 heteroatoms. The van der Waals surface area contributed by atoms with Crippen molar-refractivity contribution in [1.29, 1.82) is 0 Å². The Morgan fingerprint density at radius 3 is 2.61 bits per heavy atom. The van der Waals surface area contributed by atoms with Crippen molar-refractivity contribution in [2.24, 2.45) is 0 Å². The van der Waals surface area contributed by atoms with Gasteiger partial charge in [-0.15, -0.1) is 0 Å². The van der Waals surface area contributed by atoms with E-state index in [-0.39, 0.29) is 19.1 Å². The van der Waals surface area contributed by atoms with E-state index < -0.39 is 6.10 Å². The molecule has 0 radical (unpaired) electrons. The van der Waals surface area contributed by atoms with Gasteiger partial charge in [-0.25, -0.2) is 9.78 Å². The third-order valence-corrected chi connectivity index (χ3v) is 4.11. The predicted molar refractivity (Wildman–Crippen MR) is 105 cm³/mol. The number of methoxy groups -OCH3 is 1. The van der Waals surface area contributed by atoms with E-state index in [4.69, 9.17) is 4.74 Å².